The van der Waals surface area contributed by atoms with E-state index in [-0.39, 0.29) is 16.9 Å². The molecule has 0 saturated heterocycles. The van der Waals surface area contributed by atoms with Crippen molar-refractivity contribution in [2.75, 3.05) is 7.11 Å². The molecule has 3 nitrogen and oxygen atoms in total. The first-order valence-electron chi connectivity index (χ1n) is 4.69. The van der Waals surface area contributed by atoms with Crippen molar-refractivity contribution < 1.29 is 17.9 Å². The number of alkyl halides is 3. The van der Waals surface area contributed by atoms with E-state index in [4.69, 9.17) is 10.5 Å². The minimum absolute atomic E-state index is 0.197. The summed E-state index contributed by atoms with van der Waals surface area (Å²) in [7, 11) is 1.12. The Kier molecular flexibility index (Phi) is 3.96. The largest absolute Gasteiger partial charge is 0.496 e. The number of hydrogen-bond donors (Lipinski definition) is 0. The van der Waals surface area contributed by atoms with Gasteiger partial charge in [-0.25, -0.2) is 0 Å². The molecule has 0 heterocycles. The summed E-state index contributed by atoms with van der Waals surface area (Å²) in [6.07, 6.45) is -3.33. The van der Waals surface area contributed by atoms with Crippen molar-refractivity contribution >= 4 is 6.08 Å². The van der Waals surface area contributed by atoms with Crippen molar-refractivity contribution in [1.82, 2.24) is 0 Å². The number of methoxy groups -OCH3 is 1. The Morgan fingerprint density at radius 1 is 1.28 bits per heavy atom. The summed E-state index contributed by atoms with van der Waals surface area (Å²) in [6, 6.07) is 6.37. The van der Waals surface area contributed by atoms with Gasteiger partial charge in [-0.2, -0.15) is 23.7 Å². The van der Waals surface area contributed by atoms with E-state index in [0.29, 0.717) is 0 Å². The van der Waals surface area contributed by atoms with E-state index in [9.17, 15) is 13.2 Å². The van der Waals surface area contributed by atoms with Crippen LogP contribution in [0.15, 0.2) is 23.8 Å². The van der Waals surface area contributed by atoms with Crippen LogP contribution in [0.25, 0.3) is 6.08 Å². The van der Waals surface area contributed by atoms with Gasteiger partial charge >= 0.3 is 6.18 Å². The summed E-state index contributed by atoms with van der Waals surface area (Å²) in [6.45, 7) is 0. The molecule has 0 spiro atoms. The smallest absolute Gasteiger partial charge is 0.419 e. The molecule has 6 heteroatoms. The van der Waals surface area contributed by atoms with Gasteiger partial charge in [-0.1, -0.05) is 6.07 Å². The molecule has 1 aromatic carbocycles. The molecule has 0 aliphatic carbocycles. The summed E-state index contributed by atoms with van der Waals surface area (Å²) in [5, 5.41) is 17.1. The monoisotopic (exact) mass is 252 g/mol. The van der Waals surface area contributed by atoms with Gasteiger partial charge in [-0.05, 0) is 23.8 Å². The fraction of sp³-hybridized carbons (Fsp3) is 0.167. The number of nitriles is 2. The maximum Gasteiger partial charge on any atom is 0.419 e. The molecule has 0 amide bonds. The second-order valence-electron chi connectivity index (χ2n) is 3.24. The first kappa shape index (κ1) is 13.6. The fourth-order valence-electron chi connectivity index (χ4n) is 1.29. The zero-order chi connectivity index (χ0) is 13.8. The molecule has 0 radical (unpaired) electrons. The van der Waals surface area contributed by atoms with E-state index < -0.39 is 11.7 Å². The van der Waals surface area contributed by atoms with Crippen molar-refractivity contribution in [2.24, 2.45) is 0 Å². The number of allylic oxidation sites excluding steroid dienone is 1. The van der Waals surface area contributed by atoms with Crippen LogP contribution in [0.4, 0.5) is 13.2 Å². The number of ether oxygens (including phenoxy) is 1. The predicted molar refractivity (Wildman–Crippen MR) is 57.2 cm³/mol. The van der Waals surface area contributed by atoms with Crippen molar-refractivity contribution in [1.29, 1.82) is 10.5 Å². The zero-order valence-corrected chi connectivity index (χ0v) is 9.25. The minimum atomic E-state index is -4.51. The number of nitrogens with zero attached hydrogens (tertiary/aromatic N) is 2. The molecule has 0 fully saturated rings. The average molecular weight is 252 g/mol. The molecule has 0 aromatic heterocycles. The summed E-state index contributed by atoms with van der Waals surface area (Å²) in [5.74, 6) is -0.355. The molecule has 1 aromatic rings. The maximum atomic E-state index is 12.6. The third-order valence-electron chi connectivity index (χ3n) is 2.08. The van der Waals surface area contributed by atoms with Crippen LogP contribution in [0, 0.1) is 22.7 Å². The highest BCUT2D eigenvalue weighted by atomic mass is 19.4. The second-order valence-corrected chi connectivity index (χ2v) is 3.24. The molecule has 0 N–H and O–H groups in total. The number of halogens is 3. The summed E-state index contributed by atoms with van der Waals surface area (Å²) in [4.78, 5) is 0. The lowest BCUT2D eigenvalue weighted by atomic mass is 10.1. The molecular weight excluding hydrogens is 245 g/mol. The van der Waals surface area contributed by atoms with Gasteiger partial charge in [0.2, 0.25) is 0 Å². The van der Waals surface area contributed by atoms with Crippen LogP contribution >= 0.6 is 0 Å². The van der Waals surface area contributed by atoms with E-state index in [2.05, 4.69) is 4.74 Å². The lowest BCUT2D eigenvalue weighted by molar-refractivity contribution is -0.138. The average Bonchev–Trinajstić information content (AvgIpc) is 2.34. The first-order chi connectivity index (χ1) is 8.42. The van der Waals surface area contributed by atoms with Gasteiger partial charge in [0.15, 0.2) is 0 Å². The van der Waals surface area contributed by atoms with Gasteiger partial charge in [-0.3, -0.25) is 0 Å². The van der Waals surface area contributed by atoms with Crippen LogP contribution in [0.5, 0.6) is 5.75 Å². The Labute approximate surface area is 101 Å². The van der Waals surface area contributed by atoms with Crippen molar-refractivity contribution in [3.63, 3.8) is 0 Å². The summed E-state index contributed by atoms with van der Waals surface area (Å²) < 4.78 is 42.3. The molecule has 0 saturated carbocycles. The predicted octanol–water partition coefficient (Wildman–Crippen LogP) is 3.14. The Morgan fingerprint density at radius 3 is 2.33 bits per heavy atom. The SMILES string of the molecule is COc1cc(C=C(C#N)C#N)ccc1C(F)(F)F. The molecule has 0 atom stereocenters. The van der Waals surface area contributed by atoms with Gasteiger partial charge in [0, 0.05) is 0 Å². The van der Waals surface area contributed by atoms with Crippen molar-refractivity contribution in [2.45, 2.75) is 6.18 Å². The Hall–Kier alpha value is -2.47. The maximum absolute atomic E-state index is 12.6. The summed E-state index contributed by atoms with van der Waals surface area (Å²) in [5.41, 5.74) is -0.813. The van der Waals surface area contributed by atoms with Crippen LogP contribution in [0.2, 0.25) is 0 Å². The van der Waals surface area contributed by atoms with Crippen molar-refractivity contribution in [3.05, 3.63) is 34.9 Å². The third-order valence-corrected chi connectivity index (χ3v) is 2.08. The minimum Gasteiger partial charge on any atom is -0.496 e. The van der Waals surface area contributed by atoms with Crippen LogP contribution in [-0.2, 0) is 6.18 Å². The molecule has 1 rings (SSSR count). The second kappa shape index (κ2) is 5.24. The molecule has 0 unspecified atom stereocenters. The quantitative estimate of drug-likeness (QED) is 0.759. The lowest BCUT2D eigenvalue weighted by Gasteiger charge is -2.12. The van der Waals surface area contributed by atoms with E-state index >= 15 is 0 Å². The van der Waals surface area contributed by atoms with E-state index in [1.54, 1.807) is 12.1 Å². The van der Waals surface area contributed by atoms with Gasteiger partial charge in [0.1, 0.15) is 23.5 Å². The number of rotatable bonds is 2. The van der Waals surface area contributed by atoms with Crippen LogP contribution in [0.1, 0.15) is 11.1 Å². The zero-order valence-electron chi connectivity index (χ0n) is 9.25. The normalized spacial score (nSPS) is 10.1. The third kappa shape index (κ3) is 3.02. The highest BCUT2D eigenvalue weighted by Gasteiger charge is 2.34. The molecule has 18 heavy (non-hydrogen) atoms. The topological polar surface area (TPSA) is 56.8 Å². The lowest BCUT2D eigenvalue weighted by Crippen LogP contribution is -2.07. The van der Waals surface area contributed by atoms with Crippen LogP contribution in [-0.4, -0.2) is 7.11 Å². The van der Waals surface area contributed by atoms with Crippen LogP contribution in [0.3, 0.4) is 0 Å². The molecule has 0 aliphatic heterocycles. The van der Waals surface area contributed by atoms with Gasteiger partial charge in [0.05, 0.1) is 12.7 Å². The summed E-state index contributed by atoms with van der Waals surface area (Å²) >= 11 is 0. The van der Waals surface area contributed by atoms with E-state index in [0.717, 1.165) is 19.2 Å². The van der Waals surface area contributed by atoms with Crippen molar-refractivity contribution in [3.8, 4) is 17.9 Å². The fourth-order valence-corrected chi connectivity index (χ4v) is 1.29. The van der Waals surface area contributed by atoms with E-state index in [1.807, 2.05) is 0 Å². The van der Waals surface area contributed by atoms with Gasteiger partial charge < -0.3 is 4.74 Å². The number of benzene rings is 1. The Morgan fingerprint density at radius 2 is 1.89 bits per heavy atom. The van der Waals surface area contributed by atoms with Crippen LogP contribution < -0.4 is 4.74 Å². The molecule has 0 aliphatic rings. The highest BCUT2D eigenvalue weighted by molar-refractivity contribution is 5.63. The highest BCUT2D eigenvalue weighted by Crippen LogP contribution is 2.36. The van der Waals surface area contributed by atoms with E-state index in [1.165, 1.54) is 12.1 Å². The standard InChI is InChI=1S/C12H7F3N2O/c1-18-11-5-8(4-9(6-16)7-17)2-3-10(11)12(13,14)15/h2-5H,1H3. The first-order valence-corrected chi connectivity index (χ1v) is 4.69. The Bertz CT molecular complexity index is 546. The molecule has 0 bridgehead atoms. The molecule has 92 valence electrons. The Balaban J connectivity index is 3.28. The number of hydrogen-bond acceptors (Lipinski definition) is 3. The van der Waals surface area contributed by atoms with Gasteiger partial charge in [-0.15, -0.1) is 0 Å². The molecular formula is C12H7F3N2O. The van der Waals surface area contributed by atoms with Gasteiger partial charge in [0.25, 0.3) is 0 Å².